The van der Waals surface area contributed by atoms with Gasteiger partial charge in [0.15, 0.2) is 0 Å². The second-order valence-electron chi connectivity index (χ2n) is 2.46. The quantitative estimate of drug-likeness (QED) is 0.536. The van der Waals surface area contributed by atoms with E-state index in [1.54, 1.807) is 0 Å². The first-order valence-corrected chi connectivity index (χ1v) is 3.30. The molecular weight excluding hydrogens is 153 g/mol. The zero-order valence-electron chi connectivity index (χ0n) is 6.16. The molecule has 0 radical (unpaired) electrons. The SMILES string of the molecule is COC(=O)N1CC(O)C(F)C1. The summed E-state index contributed by atoms with van der Waals surface area (Å²) >= 11 is 0. The number of amides is 1. The number of aliphatic hydroxyl groups excluding tert-OH is 1. The summed E-state index contributed by atoms with van der Waals surface area (Å²) in [4.78, 5) is 11.9. The zero-order valence-corrected chi connectivity index (χ0v) is 6.16. The third-order valence-corrected chi connectivity index (χ3v) is 1.65. The number of carbonyl (C=O) groups is 1. The maximum atomic E-state index is 12.6. The summed E-state index contributed by atoms with van der Waals surface area (Å²) in [7, 11) is 1.22. The molecule has 1 heterocycles. The molecule has 1 saturated heterocycles. The molecule has 1 aliphatic heterocycles. The lowest BCUT2D eigenvalue weighted by atomic mass is 10.3. The highest BCUT2D eigenvalue weighted by molar-refractivity contribution is 5.67. The normalized spacial score (nSPS) is 30.6. The minimum Gasteiger partial charge on any atom is -0.453 e. The number of ether oxygens (including phenoxy) is 1. The molecule has 1 rings (SSSR count). The molecule has 11 heavy (non-hydrogen) atoms. The van der Waals surface area contributed by atoms with Crippen molar-refractivity contribution in [3.63, 3.8) is 0 Å². The van der Waals surface area contributed by atoms with Crippen LogP contribution in [0.1, 0.15) is 0 Å². The maximum Gasteiger partial charge on any atom is 0.409 e. The Balaban J connectivity index is 2.46. The second-order valence-corrected chi connectivity index (χ2v) is 2.46. The number of likely N-dealkylation sites (tertiary alicyclic amines) is 1. The fraction of sp³-hybridized carbons (Fsp3) is 0.833. The van der Waals surface area contributed by atoms with Crippen LogP contribution < -0.4 is 0 Å². The number of rotatable bonds is 0. The van der Waals surface area contributed by atoms with Gasteiger partial charge in [-0.3, -0.25) is 0 Å². The van der Waals surface area contributed by atoms with E-state index >= 15 is 0 Å². The fourth-order valence-corrected chi connectivity index (χ4v) is 1.03. The minimum absolute atomic E-state index is 0.0217. The Kier molecular flexibility index (Phi) is 2.28. The van der Waals surface area contributed by atoms with Crippen molar-refractivity contribution in [3.8, 4) is 0 Å². The van der Waals surface area contributed by atoms with Gasteiger partial charge >= 0.3 is 6.09 Å². The Bertz CT molecular complexity index is 154. The van der Waals surface area contributed by atoms with Crippen LogP contribution in [0.3, 0.4) is 0 Å². The van der Waals surface area contributed by atoms with Crippen molar-refractivity contribution in [1.82, 2.24) is 4.90 Å². The molecule has 1 fully saturated rings. The Morgan fingerprint density at radius 2 is 2.36 bits per heavy atom. The first-order valence-electron chi connectivity index (χ1n) is 3.30. The predicted octanol–water partition coefficient (Wildman–Crippen LogP) is -0.233. The predicted molar refractivity (Wildman–Crippen MR) is 34.9 cm³/mol. The van der Waals surface area contributed by atoms with Gasteiger partial charge in [0.2, 0.25) is 0 Å². The molecule has 1 amide bonds. The average molecular weight is 163 g/mol. The van der Waals surface area contributed by atoms with Crippen LogP contribution in [-0.4, -0.2) is 48.6 Å². The van der Waals surface area contributed by atoms with Crippen LogP contribution in [0.4, 0.5) is 9.18 Å². The van der Waals surface area contributed by atoms with Crippen LogP contribution in [-0.2, 0) is 4.74 Å². The fourth-order valence-electron chi connectivity index (χ4n) is 1.03. The van der Waals surface area contributed by atoms with Gasteiger partial charge in [-0.2, -0.15) is 0 Å². The molecule has 0 aromatic rings. The van der Waals surface area contributed by atoms with Crippen molar-refractivity contribution >= 4 is 6.09 Å². The first-order chi connectivity index (χ1) is 5.15. The highest BCUT2D eigenvalue weighted by Crippen LogP contribution is 2.13. The third kappa shape index (κ3) is 1.59. The molecule has 0 spiro atoms. The molecule has 0 saturated carbocycles. The lowest BCUT2D eigenvalue weighted by Gasteiger charge is -2.11. The van der Waals surface area contributed by atoms with Gasteiger partial charge in [0.1, 0.15) is 12.3 Å². The van der Waals surface area contributed by atoms with Crippen LogP contribution in [0.25, 0.3) is 0 Å². The Hall–Kier alpha value is -0.840. The molecule has 0 aromatic heterocycles. The van der Waals surface area contributed by atoms with Gasteiger partial charge in [0.25, 0.3) is 0 Å². The van der Waals surface area contributed by atoms with E-state index in [9.17, 15) is 9.18 Å². The van der Waals surface area contributed by atoms with Crippen molar-refractivity contribution in [2.45, 2.75) is 12.3 Å². The van der Waals surface area contributed by atoms with E-state index in [0.717, 1.165) is 4.90 Å². The molecule has 0 aliphatic carbocycles. The lowest BCUT2D eigenvalue weighted by molar-refractivity contribution is 0.111. The highest BCUT2D eigenvalue weighted by atomic mass is 19.1. The molecule has 2 unspecified atom stereocenters. The van der Waals surface area contributed by atoms with E-state index in [2.05, 4.69) is 4.74 Å². The molecule has 5 heteroatoms. The maximum absolute atomic E-state index is 12.6. The van der Waals surface area contributed by atoms with E-state index in [1.807, 2.05) is 0 Å². The lowest BCUT2D eigenvalue weighted by Crippen LogP contribution is -2.29. The van der Waals surface area contributed by atoms with Crippen molar-refractivity contribution < 1.29 is 19.0 Å². The summed E-state index contributed by atoms with van der Waals surface area (Å²) in [6.07, 6.45) is -2.99. The summed E-state index contributed by atoms with van der Waals surface area (Å²) in [5.41, 5.74) is 0. The molecule has 0 aromatic carbocycles. The molecular formula is C6H10FNO3. The van der Waals surface area contributed by atoms with Crippen LogP contribution >= 0.6 is 0 Å². The summed E-state index contributed by atoms with van der Waals surface area (Å²) in [6.45, 7) is -0.0539. The number of hydrogen-bond acceptors (Lipinski definition) is 3. The van der Waals surface area contributed by atoms with E-state index < -0.39 is 18.4 Å². The summed E-state index contributed by atoms with van der Waals surface area (Å²) in [5, 5.41) is 8.89. The van der Waals surface area contributed by atoms with Gasteiger partial charge in [-0.1, -0.05) is 0 Å². The Morgan fingerprint density at radius 1 is 1.73 bits per heavy atom. The second kappa shape index (κ2) is 3.04. The standard InChI is InChI=1S/C6H10FNO3/c1-11-6(10)8-2-4(7)5(9)3-8/h4-5,9H,2-3H2,1H3. The number of nitrogens with zero attached hydrogens (tertiary/aromatic N) is 1. The Labute approximate surface area is 63.6 Å². The molecule has 2 atom stereocenters. The van der Waals surface area contributed by atoms with Gasteiger partial charge in [-0.15, -0.1) is 0 Å². The zero-order chi connectivity index (χ0) is 8.43. The van der Waals surface area contributed by atoms with Crippen LogP contribution in [0, 0.1) is 0 Å². The van der Waals surface area contributed by atoms with E-state index in [4.69, 9.17) is 5.11 Å². The van der Waals surface area contributed by atoms with Crippen LogP contribution in [0.5, 0.6) is 0 Å². The van der Waals surface area contributed by atoms with Gasteiger partial charge < -0.3 is 14.7 Å². The average Bonchev–Trinajstić information content (AvgIpc) is 2.31. The summed E-state index contributed by atoms with van der Waals surface area (Å²) in [6, 6.07) is 0. The highest BCUT2D eigenvalue weighted by Gasteiger charge is 2.34. The summed E-state index contributed by atoms with van der Waals surface area (Å²) in [5.74, 6) is 0. The third-order valence-electron chi connectivity index (χ3n) is 1.65. The molecule has 0 bridgehead atoms. The number of aliphatic hydroxyl groups is 1. The topological polar surface area (TPSA) is 49.8 Å². The first kappa shape index (κ1) is 8.26. The molecule has 1 N–H and O–H groups in total. The van der Waals surface area contributed by atoms with Crippen molar-refractivity contribution in [1.29, 1.82) is 0 Å². The largest absolute Gasteiger partial charge is 0.453 e. The van der Waals surface area contributed by atoms with Gasteiger partial charge in [-0.25, -0.2) is 9.18 Å². The minimum atomic E-state index is -1.34. The van der Waals surface area contributed by atoms with E-state index in [1.165, 1.54) is 7.11 Å². The monoisotopic (exact) mass is 163 g/mol. The number of alkyl halides is 1. The van der Waals surface area contributed by atoms with Gasteiger partial charge in [0.05, 0.1) is 20.2 Å². The van der Waals surface area contributed by atoms with Crippen LogP contribution in [0.15, 0.2) is 0 Å². The smallest absolute Gasteiger partial charge is 0.409 e. The number of methoxy groups -OCH3 is 1. The number of hydrogen-bond donors (Lipinski definition) is 1. The molecule has 64 valence electrons. The molecule has 1 aliphatic rings. The van der Waals surface area contributed by atoms with Gasteiger partial charge in [-0.05, 0) is 0 Å². The van der Waals surface area contributed by atoms with Crippen LogP contribution in [0.2, 0.25) is 0 Å². The number of β-amino-alcohol motifs (C(OH)–C–C–N with tert-alkyl or cyclic N) is 1. The Morgan fingerprint density at radius 3 is 2.73 bits per heavy atom. The van der Waals surface area contributed by atoms with Crippen molar-refractivity contribution in [2.75, 3.05) is 20.2 Å². The van der Waals surface area contributed by atoms with Gasteiger partial charge in [0, 0.05) is 0 Å². The summed E-state index contributed by atoms with van der Waals surface area (Å²) < 4.78 is 16.9. The van der Waals surface area contributed by atoms with Crippen molar-refractivity contribution in [3.05, 3.63) is 0 Å². The van der Waals surface area contributed by atoms with Crippen molar-refractivity contribution in [2.24, 2.45) is 0 Å². The number of carbonyl (C=O) groups excluding carboxylic acids is 1. The molecule has 4 nitrogen and oxygen atoms in total. The van der Waals surface area contributed by atoms with E-state index in [0.29, 0.717) is 0 Å². The number of halogens is 1. The van der Waals surface area contributed by atoms with E-state index in [-0.39, 0.29) is 13.1 Å².